The van der Waals surface area contributed by atoms with E-state index in [-0.39, 0.29) is 17.4 Å². The van der Waals surface area contributed by atoms with Crippen molar-refractivity contribution in [1.82, 2.24) is 25.1 Å². The first-order valence-corrected chi connectivity index (χ1v) is 12.2. The number of nitrogens with zero attached hydrogens (tertiary/aromatic N) is 5. The molecule has 3 heterocycles. The molecule has 204 valence electrons. The van der Waals surface area contributed by atoms with Crippen LogP contribution in [0.4, 0.5) is 52.7 Å². The number of alkyl halides is 3. The van der Waals surface area contributed by atoms with E-state index in [9.17, 15) is 18.0 Å². The minimum atomic E-state index is -4.68. The molecule has 0 fully saturated rings. The summed E-state index contributed by atoms with van der Waals surface area (Å²) in [5.41, 5.74) is 0.954. The number of thiol groups is 1. The lowest BCUT2D eigenvalue weighted by molar-refractivity contribution is -0.137. The summed E-state index contributed by atoms with van der Waals surface area (Å²) in [4.78, 5) is 25.5. The van der Waals surface area contributed by atoms with E-state index in [1.165, 1.54) is 18.3 Å². The number of carbonyl (C=O) groups excluding carboxylic acids is 1. The molecule has 3 aromatic heterocycles. The van der Waals surface area contributed by atoms with Crippen molar-refractivity contribution < 1.29 is 18.0 Å². The highest BCUT2D eigenvalue weighted by Gasteiger charge is 2.34. The van der Waals surface area contributed by atoms with Crippen LogP contribution in [0.1, 0.15) is 36.7 Å². The lowest BCUT2D eigenvalue weighted by Crippen LogP contribution is -2.27. The van der Waals surface area contributed by atoms with E-state index in [0.717, 1.165) is 22.1 Å². The number of benzene rings is 1. The number of hydrogen-bond donors (Lipinski definition) is 5. The lowest BCUT2D eigenvalue weighted by atomic mass is 10.1. The van der Waals surface area contributed by atoms with Crippen LogP contribution in [-0.4, -0.2) is 31.2 Å². The molecule has 0 aliphatic heterocycles. The van der Waals surface area contributed by atoms with Gasteiger partial charge in [-0.15, -0.1) is 0 Å². The Morgan fingerprint density at radius 3 is 2.49 bits per heavy atom. The summed E-state index contributed by atoms with van der Waals surface area (Å²) in [6.07, 6.45) is -3.25. The van der Waals surface area contributed by atoms with Gasteiger partial charge in [-0.05, 0) is 43.2 Å². The monoisotopic (exact) mass is 577 g/mol. The Labute approximate surface area is 232 Å². The minimum absolute atomic E-state index is 0.123. The fourth-order valence-corrected chi connectivity index (χ4v) is 3.74. The fourth-order valence-electron chi connectivity index (χ4n) is 3.34. The van der Waals surface area contributed by atoms with Crippen molar-refractivity contribution in [3.8, 4) is 0 Å². The molecular formula is C24H23ClF3N9OS. The maximum atomic E-state index is 13.1. The summed E-state index contributed by atoms with van der Waals surface area (Å²) in [5.74, 6) is 1.96. The Balaban J connectivity index is 1.41. The van der Waals surface area contributed by atoms with E-state index in [1.807, 2.05) is 26.8 Å². The minimum Gasteiger partial charge on any atom is -0.325 e. The van der Waals surface area contributed by atoms with Gasteiger partial charge in [0.2, 0.25) is 5.95 Å². The van der Waals surface area contributed by atoms with Gasteiger partial charge in [0.15, 0.2) is 0 Å². The number of hydrogen-bond acceptors (Lipinski definition) is 8. The van der Waals surface area contributed by atoms with E-state index in [1.54, 1.807) is 12.1 Å². The molecule has 4 rings (SSSR count). The molecule has 0 aliphatic rings. The summed E-state index contributed by atoms with van der Waals surface area (Å²) in [5, 5.41) is 15.4. The van der Waals surface area contributed by atoms with Crippen LogP contribution in [0, 0.1) is 6.92 Å². The largest absolute Gasteiger partial charge is 0.417 e. The average Bonchev–Trinajstić information content (AvgIpc) is 3.33. The number of pyridine rings is 1. The molecule has 0 radical (unpaired) electrons. The molecule has 39 heavy (non-hydrogen) atoms. The van der Waals surface area contributed by atoms with Gasteiger partial charge in [0, 0.05) is 17.8 Å². The molecule has 2 amide bonds. The highest BCUT2D eigenvalue weighted by atomic mass is 35.5. The Bertz CT molecular complexity index is 1480. The maximum absolute atomic E-state index is 13.1. The van der Waals surface area contributed by atoms with Crippen molar-refractivity contribution in [3.05, 3.63) is 70.6 Å². The molecular weight excluding hydrogens is 555 g/mol. The first-order chi connectivity index (χ1) is 18.4. The number of aromatic nitrogens is 5. The fraction of sp³-hybridized carbons (Fsp3) is 0.208. The van der Waals surface area contributed by atoms with E-state index < -0.39 is 22.8 Å². The molecule has 0 aliphatic carbocycles. The maximum Gasteiger partial charge on any atom is 0.417 e. The third-order valence-electron chi connectivity index (χ3n) is 5.25. The summed E-state index contributed by atoms with van der Waals surface area (Å²) < 4.78 is 40.1. The number of aromatic amines is 1. The van der Waals surface area contributed by atoms with Gasteiger partial charge in [0.1, 0.15) is 17.5 Å². The molecule has 0 saturated heterocycles. The van der Waals surface area contributed by atoms with Gasteiger partial charge in [-0.1, -0.05) is 38.3 Å². The van der Waals surface area contributed by atoms with Gasteiger partial charge in [-0.25, -0.2) is 19.1 Å². The second kappa shape index (κ2) is 11.4. The van der Waals surface area contributed by atoms with Crippen LogP contribution < -0.4 is 20.3 Å². The second-order valence-corrected chi connectivity index (χ2v) is 9.47. The number of urea groups is 1. The van der Waals surface area contributed by atoms with Crippen molar-refractivity contribution in [2.24, 2.45) is 0 Å². The molecule has 4 N–H and O–H groups in total. The number of amides is 2. The standard InChI is InChI=1S/C24H23ClF3N9OS/c1-12(2)18-10-21(36-35-18)32-20-8-13(3)30-22(33-20)31-14-4-7-19(29-11-14)34-23(38)37(39)15-5-6-17(25)16(9-15)24(26,27)28/h4-12,39H,1-3H3,(H,29,34,38)(H3,30,31,32,33,35,36). The molecule has 10 nitrogen and oxygen atoms in total. The molecule has 0 atom stereocenters. The predicted molar refractivity (Wildman–Crippen MR) is 147 cm³/mol. The summed E-state index contributed by atoms with van der Waals surface area (Å²) in [7, 11) is 0. The molecule has 4 aromatic rings. The number of aryl methyl sites for hydroxylation is 1. The van der Waals surface area contributed by atoms with Gasteiger partial charge in [-0.3, -0.25) is 10.4 Å². The number of rotatable bonds is 7. The van der Waals surface area contributed by atoms with Crippen LogP contribution in [0.5, 0.6) is 0 Å². The number of nitrogens with one attached hydrogen (secondary N) is 4. The predicted octanol–water partition coefficient (Wildman–Crippen LogP) is 7.07. The summed E-state index contributed by atoms with van der Waals surface area (Å²) in [6, 6.07) is 9.00. The second-order valence-electron chi connectivity index (χ2n) is 8.67. The van der Waals surface area contributed by atoms with Gasteiger partial charge < -0.3 is 10.6 Å². The molecule has 0 unspecified atom stereocenters. The molecule has 0 bridgehead atoms. The van der Waals surface area contributed by atoms with Gasteiger partial charge >= 0.3 is 12.2 Å². The van der Waals surface area contributed by atoms with E-state index >= 15 is 0 Å². The highest BCUT2D eigenvalue weighted by molar-refractivity contribution is 7.82. The average molecular weight is 578 g/mol. The molecule has 0 spiro atoms. The Morgan fingerprint density at radius 1 is 1.08 bits per heavy atom. The van der Waals surface area contributed by atoms with Crippen molar-refractivity contribution >= 4 is 65.2 Å². The van der Waals surface area contributed by atoms with Gasteiger partial charge in [0.25, 0.3) is 0 Å². The van der Waals surface area contributed by atoms with Crippen LogP contribution in [0.2, 0.25) is 5.02 Å². The van der Waals surface area contributed by atoms with Crippen LogP contribution in [0.25, 0.3) is 0 Å². The smallest absolute Gasteiger partial charge is 0.325 e. The molecule has 0 saturated carbocycles. The van der Waals surface area contributed by atoms with Crippen molar-refractivity contribution in [2.75, 3.05) is 20.3 Å². The van der Waals surface area contributed by atoms with Crippen molar-refractivity contribution in [1.29, 1.82) is 0 Å². The topological polar surface area (TPSA) is 124 Å². The number of carbonyl (C=O) groups is 1. The lowest BCUT2D eigenvalue weighted by Gasteiger charge is -2.18. The molecule has 1 aromatic carbocycles. The Morgan fingerprint density at radius 2 is 1.85 bits per heavy atom. The van der Waals surface area contributed by atoms with E-state index in [2.05, 4.69) is 53.9 Å². The van der Waals surface area contributed by atoms with Crippen LogP contribution in [-0.2, 0) is 6.18 Å². The van der Waals surface area contributed by atoms with Crippen molar-refractivity contribution in [3.63, 3.8) is 0 Å². The number of anilines is 6. The van der Waals surface area contributed by atoms with Gasteiger partial charge in [0.05, 0.1) is 33.9 Å². The number of H-pyrrole nitrogens is 1. The van der Waals surface area contributed by atoms with Crippen molar-refractivity contribution in [2.45, 2.75) is 32.9 Å². The normalized spacial score (nSPS) is 11.4. The summed E-state index contributed by atoms with van der Waals surface area (Å²) >= 11 is 9.65. The third kappa shape index (κ3) is 7.09. The summed E-state index contributed by atoms with van der Waals surface area (Å²) in [6.45, 7) is 5.91. The zero-order chi connectivity index (χ0) is 28.3. The Kier molecular flexibility index (Phi) is 8.16. The SMILES string of the molecule is Cc1cc(Nc2cc(C(C)C)n[nH]2)nc(Nc2ccc(NC(=O)N(S)c3ccc(Cl)c(C(F)(F)F)c3)nc2)n1. The quantitative estimate of drug-likeness (QED) is 0.149. The molecule has 15 heteroatoms. The Hall–Kier alpha value is -4.04. The van der Waals surface area contributed by atoms with Crippen LogP contribution >= 0.6 is 24.4 Å². The van der Waals surface area contributed by atoms with Gasteiger partial charge in [-0.2, -0.15) is 23.3 Å². The first-order valence-electron chi connectivity index (χ1n) is 11.5. The highest BCUT2D eigenvalue weighted by Crippen LogP contribution is 2.37. The number of halogens is 4. The zero-order valence-electron chi connectivity index (χ0n) is 20.8. The van der Waals surface area contributed by atoms with Crippen LogP contribution in [0.3, 0.4) is 0 Å². The third-order valence-corrected chi connectivity index (χ3v) is 6.00. The zero-order valence-corrected chi connectivity index (χ0v) is 22.4. The van der Waals surface area contributed by atoms with Crippen LogP contribution in [0.15, 0.2) is 48.7 Å². The van der Waals surface area contributed by atoms with E-state index in [0.29, 0.717) is 29.0 Å². The van der Waals surface area contributed by atoms with E-state index in [4.69, 9.17) is 11.6 Å². The first kappa shape index (κ1) is 28.0.